The molecule has 1 fully saturated rings. The molecular weight excluding hydrogens is 234 g/mol. The summed E-state index contributed by atoms with van der Waals surface area (Å²) >= 11 is 6.04. The fourth-order valence-electron chi connectivity index (χ4n) is 2.54. The fourth-order valence-corrected chi connectivity index (χ4v) is 2.73. The Morgan fingerprint density at radius 3 is 3.06 bits per heavy atom. The summed E-state index contributed by atoms with van der Waals surface area (Å²) in [5, 5.41) is 10.6. The lowest BCUT2D eigenvalue weighted by Crippen LogP contribution is -2.31. The van der Waals surface area contributed by atoms with Crippen molar-refractivity contribution in [3.05, 3.63) is 34.9 Å². The summed E-state index contributed by atoms with van der Waals surface area (Å²) in [5.41, 5.74) is 1.28. The van der Waals surface area contributed by atoms with E-state index in [1.165, 1.54) is 12.0 Å². The van der Waals surface area contributed by atoms with Gasteiger partial charge in [-0.1, -0.05) is 30.7 Å². The normalized spacial score (nSPS) is 22.9. The average Bonchev–Trinajstić information content (AvgIpc) is 2.77. The van der Waals surface area contributed by atoms with Gasteiger partial charge in [-0.2, -0.15) is 0 Å². The smallest absolute Gasteiger partial charge is 0.0664 e. The highest BCUT2D eigenvalue weighted by molar-refractivity contribution is 6.30. The molecule has 2 atom stereocenters. The van der Waals surface area contributed by atoms with Gasteiger partial charge in [-0.15, -0.1) is 0 Å². The minimum atomic E-state index is -0.213. The first-order chi connectivity index (χ1) is 8.20. The molecule has 3 heteroatoms. The molecule has 2 nitrogen and oxygen atoms in total. The zero-order chi connectivity index (χ0) is 12.3. The molecule has 1 aliphatic heterocycles. The number of benzene rings is 1. The van der Waals surface area contributed by atoms with Gasteiger partial charge in [0.25, 0.3) is 0 Å². The lowest BCUT2D eigenvalue weighted by molar-refractivity contribution is 0.103. The topological polar surface area (TPSA) is 23.5 Å². The van der Waals surface area contributed by atoms with Crippen molar-refractivity contribution in [2.45, 2.75) is 38.3 Å². The van der Waals surface area contributed by atoms with E-state index in [9.17, 15) is 5.11 Å². The zero-order valence-corrected chi connectivity index (χ0v) is 11.0. The Labute approximate surface area is 108 Å². The van der Waals surface area contributed by atoms with Crippen LogP contribution in [0, 0.1) is 0 Å². The third-order valence-corrected chi connectivity index (χ3v) is 3.75. The Kier molecular flexibility index (Phi) is 4.43. The van der Waals surface area contributed by atoms with Gasteiger partial charge < -0.3 is 5.11 Å². The summed E-state index contributed by atoms with van der Waals surface area (Å²) in [5.74, 6) is 0. The first kappa shape index (κ1) is 12.9. The molecule has 0 radical (unpaired) electrons. The maximum Gasteiger partial charge on any atom is 0.0664 e. The van der Waals surface area contributed by atoms with Gasteiger partial charge in [0.15, 0.2) is 0 Å². The number of hydrogen-bond donors (Lipinski definition) is 1. The van der Waals surface area contributed by atoms with Gasteiger partial charge in [0.05, 0.1) is 6.10 Å². The van der Waals surface area contributed by atoms with E-state index in [-0.39, 0.29) is 6.10 Å². The average molecular weight is 254 g/mol. The van der Waals surface area contributed by atoms with E-state index in [1.807, 2.05) is 25.1 Å². The van der Waals surface area contributed by atoms with Crippen molar-refractivity contribution in [3.8, 4) is 0 Å². The van der Waals surface area contributed by atoms with Crippen LogP contribution < -0.4 is 0 Å². The second kappa shape index (κ2) is 5.85. The predicted molar refractivity (Wildman–Crippen MR) is 71.3 cm³/mol. The van der Waals surface area contributed by atoms with E-state index in [4.69, 9.17) is 11.6 Å². The highest BCUT2D eigenvalue weighted by atomic mass is 35.5. The van der Waals surface area contributed by atoms with Crippen molar-refractivity contribution in [2.24, 2.45) is 0 Å². The molecule has 94 valence electrons. The SMILES string of the molecule is CCC(O)CN1CCCC1c1cccc(Cl)c1. The molecule has 1 aliphatic rings. The van der Waals surface area contributed by atoms with E-state index >= 15 is 0 Å². The van der Waals surface area contributed by atoms with Gasteiger partial charge in [0, 0.05) is 17.6 Å². The number of halogens is 1. The number of rotatable bonds is 4. The Morgan fingerprint density at radius 1 is 1.53 bits per heavy atom. The van der Waals surface area contributed by atoms with E-state index < -0.39 is 0 Å². The Balaban J connectivity index is 2.09. The quantitative estimate of drug-likeness (QED) is 0.891. The number of aliphatic hydroxyl groups excluding tert-OH is 1. The van der Waals surface area contributed by atoms with Gasteiger partial charge in [-0.25, -0.2) is 0 Å². The van der Waals surface area contributed by atoms with E-state index in [2.05, 4.69) is 11.0 Å². The van der Waals surface area contributed by atoms with Crippen LogP contribution in [0.3, 0.4) is 0 Å². The van der Waals surface area contributed by atoms with Crippen LogP contribution in [-0.4, -0.2) is 29.2 Å². The molecule has 0 bridgehead atoms. The Morgan fingerprint density at radius 2 is 2.35 bits per heavy atom. The van der Waals surface area contributed by atoms with Crippen molar-refractivity contribution < 1.29 is 5.11 Å². The summed E-state index contributed by atoms with van der Waals surface area (Å²) in [4.78, 5) is 2.37. The second-order valence-electron chi connectivity index (χ2n) is 4.77. The van der Waals surface area contributed by atoms with Crippen LogP contribution >= 0.6 is 11.6 Å². The molecule has 1 aromatic rings. The summed E-state index contributed by atoms with van der Waals surface area (Å²) in [6, 6.07) is 8.51. The van der Waals surface area contributed by atoms with Crippen LogP contribution in [0.25, 0.3) is 0 Å². The first-order valence-corrected chi connectivity index (χ1v) is 6.76. The largest absolute Gasteiger partial charge is 0.392 e. The molecular formula is C14H20ClNO. The number of likely N-dealkylation sites (tertiary alicyclic amines) is 1. The number of nitrogens with zero attached hydrogens (tertiary/aromatic N) is 1. The molecule has 1 N–H and O–H groups in total. The molecule has 1 aromatic carbocycles. The molecule has 2 unspecified atom stereocenters. The van der Waals surface area contributed by atoms with Crippen LogP contribution in [0.1, 0.15) is 37.8 Å². The molecule has 0 amide bonds. The first-order valence-electron chi connectivity index (χ1n) is 6.38. The van der Waals surface area contributed by atoms with Crippen molar-refractivity contribution in [3.63, 3.8) is 0 Å². The van der Waals surface area contributed by atoms with Crippen molar-refractivity contribution in [2.75, 3.05) is 13.1 Å². The zero-order valence-electron chi connectivity index (χ0n) is 10.3. The summed E-state index contributed by atoms with van der Waals surface area (Å²) in [6.45, 7) is 3.87. The standard InChI is InChI=1S/C14H20ClNO/c1-2-13(17)10-16-8-4-7-14(16)11-5-3-6-12(15)9-11/h3,5-6,9,13-14,17H,2,4,7-8,10H2,1H3. The summed E-state index contributed by atoms with van der Waals surface area (Å²) in [7, 11) is 0. The Bertz CT molecular complexity index is 369. The van der Waals surface area contributed by atoms with E-state index in [0.717, 1.165) is 31.0 Å². The lowest BCUT2D eigenvalue weighted by atomic mass is 10.0. The third-order valence-electron chi connectivity index (χ3n) is 3.51. The molecule has 17 heavy (non-hydrogen) atoms. The molecule has 0 aromatic heterocycles. The molecule has 0 saturated carbocycles. The van der Waals surface area contributed by atoms with Crippen molar-refractivity contribution >= 4 is 11.6 Å². The van der Waals surface area contributed by atoms with Crippen molar-refractivity contribution in [1.82, 2.24) is 4.90 Å². The number of hydrogen-bond acceptors (Lipinski definition) is 2. The summed E-state index contributed by atoms with van der Waals surface area (Å²) in [6.07, 6.45) is 2.97. The Hall–Kier alpha value is -0.570. The van der Waals surface area contributed by atoms with Gasteiger partial charge in [-0.05, 0) is 43.5 Å². The highest BCUT2D eigenvalue weighted by Crippen LogP contribution is 2.32. The molecule has 0 aliphatic carbocycles. The van der Waals surface area contributed by atoms with Gasteiger partial charge in [0.2, 0.25) is 0 Å². The van der Waals surface area contributed by atoms with Gasteiger partial charge in [-0.3, -0.25) is 4.90 Å². The predicted octanol–water partition coefficient (Wildman–Crippen LogP) is 3.25. The van der Waals surface area contributed by atoms with Gasteiger partial charge in [0.1, 0.15) is 0 Å². The minimum absolute atomic E-state index is 0.213. The monoisotopic (exact) mass is 253 g/mol. The lowest BCUT2D eigenvalue weighted by Gasteiger charge is -2.26. The third kappa shape index (κ3) is 3.21. The van der Waals surface area contributed by atoms with Crippen molar-refractivity contribution in [1.29, 1.82) is 0 Å². The fraction of sp³-hybridized carbons (Fsp3) is 0.571. The molecule has 0 spiro atoms. The van der Waals surface area contributed by atoms with E-state index in [0.29, 0.717) is 6.04 Å². The molecule has 1 heterocycles. The van der Waals surface area contributed by atoms with E-state index in [1.54, 1.807) is 0 Å². The van der Waals surface area contributed by atoms with Gasteiger partial charge >= 0.3 is 0 Å². The maximum absolute atomic E-state index is 9.77. The van der Waals surface area contributed by atoms with Crippen LogP contribution in [0.5, 0.6) is 0 Å². The van der Waals surface area contributed by atoms with Crippen LogP contribution in [0.2, 0.25) is 5.02 Å². The minimum Gasteiger partial charge on any atom is -0.392 e. The number of β-amino-alcohol motifs (C(OH)–C–C–N with tert-alkyl or cyclic N) is 1. The molecule has 1 saturated heterocycles. The van der Waals surface area contributed by atoms with Crippen LogP contribution in [0.4, 0.5) is 0 Å². The second-order valence-corrected chi connectivity index (χ2v) is 5.21. The van der Waals surface area contributed by atoms with Crippen LogP contribution in [-0.2, 0) is 0 Å². The van der Waals surface area contributed by atoms with Crippen LogP contribution in [0.15, 0.2) is 24.3 Å². The molecule has 2 rings (SSSR count). The summed E-state index contributed by atoms with van der Waals surface area (Å²) < 4.78 is 0. The number of aliphatic hydroxyl groups is 1. The maximum atomic E-state index is 9.77. The highest BCUT2D eigenvalue weighted by Gasteiger charge is 2.27.